The minimum atomic E-state index is -4.32. The summed E-state index contributed by atoms with van der Waals surface area (Å²) in [6, 6.07) is 6.18. The summed E-state index contributed by atoms with van der Waals surface area (Å²) in [6.07, 6.45) is -3.80. The highest BCUT2D eigenvalue weighted by Crippen LogP contribution is 2.37. The van der Waals surface area contributed by atoms with Crippen molar-refractivity contribution in [3.63, 3.8) is 0 Å². The van der Waals surface area contributed by atoms with Gasteiger partial charge in [0.1, 0.15) is 11.5 Å². The third-order valence-corrected chi connectivity index (χ3v) is 4.88. The fourth-order valence-electron chi connectivity index (χ4n) is 3.44. The molecule has 1 aliphatic carbocycles. The number of nitrogens with zero attached hydrogens (tertiary/aromatic N) is 2. The Morgan fingerprint density at radius 3 is 2.64 bits per heavy atom. The summed E-state index contributed by atoms with van der Waals surface area (Å²) in [4.78, 5) is 24.7. The molecule has 1 fully saturated rings. The van der Waals surface area contributed by atoms with E-state index in [1.54, 1.807) is 6.07 Å². The van der Waals surface area contributed by atoms with E-state index in [0.717, 1.165) is 10.7 Å². The number of rotatable bonds is 3. The van der Waals surface area contributed by atoms with Crippen LogP contribution in [-0.2, 0) is 0 Å². The zero-order valence-electron chi connectivity index (χ0n) is 15.1. The third-order valence-electron chi connectivity index (χ3n) is 4.88. The Bertz CT molecular complexity index is 940. The Kier molecular flexibility index (Phi) is 5.53. The number of aromatic nitrogens is 2. The molecule has 28 heavy (non-hydrogen) atoms. The first-order valence-electron chi connectivity index (χ1n) is 8.90. The van der Waals surface area contributed by atoms with Crippen LogP contribution in [0.4, 0.5) is 17.6 Å². The van der Waals surface area contributed by atoms with Crippen LogP contribution >= 0.6 is 0 Å². The van der Waals surface area contributed by atoms with Crippen LogP contribution in [0, 0.1) is 18.7 Å². The maximum Gasteiger partial charge on any atom is 0.391 e. The lowest BCUT2D eigenvalue weighted by Crippen LogP contribution is -2.43. The van der Waals surface area contributed by atoms with Crippen molar-refractivity contribution >= 4 is 5.91 Å². The van der Waals surface area contributed by atoms with Gasteiger partial charge in [-0.3, -0.25) is 9.59 Å². The maximum absolute atomic E-state index is 14.1. The molecule has 1 aromatic heterocycles. The highest BCUT2D eigenvalue weighted by Gasteiger charge is 2.42. The van der Waals surface area contributed by atoms with Crippen molar-refractivity contribution in [2.75, 3.05) is 0 Å². The SMILES string of the molecule is Cc1cc(=O)c(C(=O)N[C@H]2CCC[C@H](C(F)(F)F)C2)nn1-c1ccccc1F. The van der Waals surface area contributed by atoms with Crippen molar-refractivity contribution < 1.29 is 22.4 Å². The molecule has 2 aromatic rings. The lowest BCUT2D eigenvalue weighted by atomic mass is 9.85. The third kappa shape index (κ3) is 4.23. The first-order valence-corrected chi connectivity index (χ1v) is 8.90. The van der Waals surface area contributed by atoms with Gasteiger partial charge in [0.15, 0.2) is 5.69 Å². The second-order valence-corrected chi connectivity index (χ2v) is 6.94. The first kappa shape index (κ1) is 20.0. The van der Waals surface area contributed by atoms with Crippen LogP contribution in [0.5, 0.6) is 0 Å². The summed E-state index contributed by atoms with van der Waals surface area (Å²) in [6.45, 7) is 1.54. The fraction of sp³-hybridized carbons (Fsp3) is 0.421. The van der Waals surface area contributed by atoms with Gasteiger partial charge in [-0.1, -0.05) is 18.6 Å². The van der Waals surface area contributed by atoms with Crippen molar-refractivity contribution in [1.29, 1.82) is 0 Å². The monoisotopic (exact) mass is 397 g/mol. The predicted octanol–water partition coefficient (Wildman–Crippen LogP) is 3.53. The topological polar surface area (TPSA) is 64.0 Å². The van der Waals surface area contributed by atoms with Crippen molar-refractivity contribution in [2.45, 2.75) is 44.8 Å². The van der Waals surface area contributed by atoms with Crippen LogP contribution in [0.1, 0.15) is 41.9 Å². The van der Waals surface area contributed by atoms with Gasteiger partial charge in [0, 0.05) is 17.8 Å². The smallest absolute Gasteiger partial charge is 0.348 e. The molecule has 0 saturated heterocycles. The Morgan fingerprint density at radius 2 is 1.96 bits per heavy atom. The zero-order valence-corrected chi connectivity index (χ0v) is 15.1. The van der Waals surface area contributed by atoms with E-state index in [1.165, 1.54) is 25.1 Å². The molecule has 2 atom stereocenters. The second kappa shape index (κ2) is 7.73. The Morgan fingerprint density at radius 1 is 1.25 bits per heavy atom. The molecule has 9 heteroatoms. The number of nitrogens with one attached hydrogen (secondary N) is 1. The zero-order chi connectivity index (χ0) is 20.5. The van der Waals surface area contributed by atoms with Crippen LogP contribution in [0.25, 0.3) is 5.69 Å². The molecular formula is C19H19F4N3O2. The van der Waals surface area contributed by atoms with Gasteiger partial charge in [0.2, 0.25) is 5.43 Å². The van der Waals surface area contributed by atoms with Crippen LogP contribution in [0.15, 0.2) is 35.1 Å². The number of hydrogen-bond acceptors (Lipinski definition) is 3. The van der Waals surface area contributed by atoms with Gasteiger partial charge in [0.25, 0.3) is 5.91 Å². The van der Waals surface area contributed by atoms with E-state index < -0.39 is 41.0 Å². The van der Waals surface area contributed by atoms with Crippen molar-refractivity contribution in [3.05, 3.63) is 57.8 Å². The van der Waals surface area contributed by atoms with Crippen LogP contribution in [0.3, 0.4) is 0 Å². The van der Waals surface area contributed by atoms with E-state index in [4.69, 9.17) is 0 Å². The molecule has 5 nitrogen and oxygen atoms in total. The number of aryl methyl sites for hydroxylation is 1. The molecule has 1 heterocycles. The molecule has 0 spiro atoms. The average molecular weight is 397 g/mol. The van der Waals surface area contributed by atoms with E-state index in [1.807, 2.05) is 0 Å². The Hall–Kier alpha value is -2.71. The molecule has 1 aliphatic rings. The van der Waals surface area contributed by atoms with Crippen LogP contribution in [-0.4, -0.2) is 27.9 Å². The van der Waals surface area contributed by atoms with Crippen molar-refractivity contribution in [3.8, 4) is 5.69 Å². The van der Waals surface area contributed by atoms with Crippen molar-refractivity contribution in [1.82, 2.24) is 15.1 Å². The standard InChI is InChI=1S/C19H19F4N3O2/c1-11-9-16(27)17(25-26(11)15-8-3-2-7-14(15)20)18(28)24-13-6-4-5-12(10-13)19(21,22)23/h2-3,7-9,12-13H,4-6,10H2,1H3,(H,24,28)/t12-,13-/m0/s1. The Balaban J connectivity index is 1.85. The summed E-state index contributed by atoms with van der Waals surface area (Å²) < 4.78 is 54.0. The highest BCUT2D eigenvalue weighted by atomic mass is 19.4. The van der Waals surface area contributed by atoms with E-state index in [2.05, 4.69) is 10.4 Å². The molecule has 0 radical (unpaired) electrons. The number of carbonyl (C=O) groups is 1. The largest absolute Gasteiger partial charge is 0.391 e. The lowest BCUT2D eigenvalue weighted by Gasteiger charge is -2.30. The summed E-state index contributed by atoms with van der Waals surface area (Å²) in [5, 5.41) is 6.45. The predicted molar refractivity (Wildman–Crippen MR) is 93.8 cm³/mol. The fourth-order valence-corrected chi connectivity index (χ4v) is 3.44. The molecule has 0 aliphatic heterocycles. The summed E-state index contributed by atoms with van der Waals surface area (Å²) in [5.41, 5.74) is -0.779. The molecule has 3 rings (SSSR count). The number of benzene rings is 1. The molecule has 150 valence electrons. The van der Waals surface area contributed by atoms with Gasteiger partial charge in [-0.25, -0.2) is 9.07 Å². The summed E-state index contributed by atoms with van der Waals surface area (Å²) in [5.74, 6) is -2.93. The molecular weight excluding hydrogens is 378 g/mol. The quantitative estimate of drug-likeness (QED) is 0.806. The lowest BCUT2D eigenvalue weighted by molar-refractivity contribution is -0.183. The van der Waals surface area contributed by atoms with Gasteiger partial charge in [-0.05, 0) is 38.3 Å². The van der Waals surface area contributed by atoms with E-state index >= 15 is 0 Å². The van der Waals surface area contributed by atoms with Gasteiger partial charge in [-0.2, -0.15) is 18.3 Å². The minimum Gasteiger partial charge on any atom is -0.348 e. The second-order valence-electron chi connectivity index (χ2n) is 6.94. The van der Waals surface area contributed by atoms with E-state index in [0.29, 0.717) is 18.5 Å². The number of alkyl halides is 3. The number of amides is 1. The average Bonchev–Trinajstić information content (AvgIpc) is 2.62. The summed E-state index contributed by atoms with van der Waals surface area (Å²) >= 11 is 0. The van der Waals surface area contributed by atoms with E-state index in [9.17, 15) is 27.2 Å². The number of hydrogen-bond donors (Lipinski definition) is 1. The molecule has 1 N–H and O–H groups in total. The van der Waals surface area contributed by atoms with Crippen LogP contribution in [0.2, 0.25) is 0 Å². The normalized spacial score (nSPS) is 20.0. The van der Waals surface area contributed by atoms with Gasteiger partial charge >= 0.3 is 6.18 Å². The van der Waals surface area contributed by atoms with Gasteiger partial charge in [-0.15, -0.1) is 0 Å². The number of carbonyl (C=O) groups excluding carboxylic acids is 1. The van der Waals surface area contributed by atoms with E-state index in [-0.39, 0.29) is 18.5 Å². The van der Waals surface area contributed by atoms with Gasteiger partial charge in [0.05, 0.1) is 5.92 Å². The summed E-state index contributed by atoms with van der Waals surface area (Å²) in [7, 11) is 0. The molecule has 0 bridgehead atoms. The molecule has 1 amide bonds. The van der Waals surface area contributed by atoms with Gasteiger partial charge < -0.3 is 5.32 Å². The Labute approximate surface area is 158 Å². The minimum absolute atomic E-state index is 0.0265. The molecule has 1 saturated carbocycles. The first-order chi connectivity index (χ1) is 13.2. The van der Waals surface area contributed by atoms with Crippen LogP contribution < -0.4 is 10.7 Å². The number of halogens is 4. The number of para-hydroxylation sites is 1. The molecule has 0 unspecified atom stereocenters. The molecule has 1 aromatic carbocycles. The van der Waals surface area contributed by atoms with Crippen molar-refractivity contribution in [2.24, 2.45) is 5.92 Å². The maximum atomic E-state index is 14.1. The highest BCUT2D eigenvalue weighted by molar-refractivity contribution is 5.92.